The molecule has 15 nitrogen and oxygen atoms in total. The minimum atomic E-state index is -2.45. The first-order chi connectivity index (χ1) is 25.6. The lowest BCUT2D eigenvalue weighted by Gasteiger charge is -2.19. The van der Waals surface area contributed by atoms with E-state index in [1.54, 1.807) is 54.9 Å². The van der Waals surface area contributed by atoms with E-state index in [4.69, 9.17) is 42.2 Å². The van der Waals surface area contributed by atoms with E-state index in [0.717, 1.165) is 11.8 Å². The van der Waals surface area contributed by atoms with Crippen LogP contribution in [0.25, 0.3) is 0 Å². The number of hydrogen-bond acceptors (Lipinski definition) is 15. The number of aldehydes is 1. The molecule has 0 N–H and O–H groups in total. The highest BCUT2D eigenvalue weighted by Gasteiger charge is 2.44. The summed E-state index contributed by atoms with van der Waals surface area (Å²) in [5, 5.41) is 0. The summed E-state index contributed by atoms with van der Waals surface area (Å²) in [5.41, 5.74) is 0.955. The Labute approximate surface area is 328 Å². The van der Waals surface area contributed by atoms with Gasteiger partial charge in [0.1, 0.15) is 12.9 Å². The normalized spacial score (nSPS) is 22.9. The molecule has 2 saturated heterocycles. The van der Waals surface area contributed by atoms with Crippen LogP contribution >= 0.6 is 14.7 Å². The number of rotatable bonds is 18. The van der Waals surface area contributed by atoms with Gasteiger partial charge in [0.15, 0.2) is 37.4 Å². The molecule has 0 radical (unpaired) electrons. The summed E-state index contributed by atoms with van der Waals surface area (Å²) in [7, 11) is -3.56. The summed E-state index contributed by atoms with van der Waals surface area (Å²) >= 11 is 0. The van der Waals surface area contributed by atoms with Crippen LogP contribution in [0.5, 0.6) is 0 Å². The van der Waals surface area contributed by atoms with Gasteiger partial charge in [-0.3, -0.25) is 9.13 Å². The molecule has 3 rings (SSSR count). The summed E-state index contributed by atoms with van der Waals surface area (Å²) in [6, 6.07) is 9.55. The van der Waals surface area contributed by atoms with E-state index in [1.807, 2.05) is 58.0 Å². The first kappa shape index (κ1) is 53.0. The van der Waals surface area contributed by atoms with Crippen molar-refractivity contribution in [1.29, 1.82) is 0 Å². The van der Waals surface area contributed by atoms with Crippen LogP contribution in [0.4, 0.5) is 0 Å². The highest BCUT2D eigenvalue weighted by atomic mass is 31.2. The van der Waals surface area contributed by atoms with Crippen LogP contribution < -0.4 is 0 Å². The minimum absolute atomic E-state index is 0.243. The molecule has 2 aliphatic heterocycles. The quantitative estimate of drug-likeness (QED) is 0.0627. The summed E-state index contributed by atoms with van der Waals surface area (Å²) in [5.74, 6) is -2.17. The lowest BCUT2D eigenvalue weighted by Crippen LogP contribution is -2.31. The average Bonchev–Trinajstić information content (AvgIpc) is 3.56. The maximum absolute atomic E-state index is 11.9. The van der Waals surface area contributed by atoms with E-state index in [-0.39, 0.29) is 37.0 Å². The van der Waals surface area contributed by atoms with Gasteiger partial charge in [-0.15, -0.1) is 0 Å². The third-order valence-corrected chi connectivity index (χ3v) is 11.2. The molecule has 1 aromatic rings. The maximum Gasteiger partial charge on any atom is 0.338 e. The highest BCUT2D eigenvalue weighted by molar-refractivity contribution is 7.58. The molecule has 6 atom stereocenters. The molecule has 320 valence electrons. The third-order valence-electron chi connectivity index (χ3n) is 7.44. The smallest absolute Gasteiger partial charge is 0.338 e. The van der Waals surface area contributed by atoms with E-state index in [0.29, 0.717) is 51.6 Å². The van der Waals surface area contributed by atoms with E-state index in [9.17, 15) is 23.5 Å². The van der Waals surface area contributed by atoms with Crippen molar-refractivity contribution in [3.63, 3.8) is 0 Å². The van der Waals surface area contributed by atoms with Gasteiger partial charge >= 0.3 is 11.9 Å². The molecule has 0 spiro atoms. The minimum Gasteiger partial charge on any atom is -0.467 e. The van der Waals surface area contributed by atoms with Crippen molar-refractivity contribution in [3.8, 4) is 0 Å². The number of esters is 2. The second-order valence-corrected chi connectivity index (χ2v) is 19.0. The van der Waals surface area contributed by atoms with Gasteiger partial charge in [0.25, 0.3) is 0 Å². The van der Waals surface area contributed by atoms with Crippen LogP contribution in [-0.2, 0) is 77.1 Å². The number of carbonyl (C=O) groups excluding carboxylic acids is 3. The van der Waals surface area contributed by atoms with Gasteiger partial charge in [-0.25, -0.2) is 9.59 Å². The van der Waals surface area contributed by atoms with Crippen molar-refractivity contribution in [1.82, 2.24) is 0 Å². The fourth-order valence-electron chi connectivity index (χ4n) is 5.17. The molecule has 0 aliphatic carbocycles. The SMILES string of the molecule is CCOC(CCP(C)(=O)OCC)OCC.CCOP(C)(=O)CCC=O.COC(=O)[C@H]1OC(C)(C)O[C@@H]1C.C[C@H]1OC(C)(C)OC1C(=O)OCc1ccccc1. The van der Waals surface area contributed by atoms with Crippen LogP contribution in [-0.4, -0.2) is 120 Å². The lowest BCUT2D eigenvalue weighted by molar-refractivity contribution is -0.171. The van der Waals surface area contributed by atoms with Crippen LogP contribution in [0.2, 0.25) is 0 Å². The van der Waals surface area contributed by atoms with Crippen molar-refractivity contribution in [3.05, 3.63) is 35.9 Å². The maximum atomic E-state index is 11.9. The van der Waals surface area contributed by atoms with Crippen molar-refractivity contribution in [2.45, 2.75) is 131 Å². The van der Waals surface area contributed by atoms with Gasteiger partial charge in [0.05, 0.1) is 32.5 Å². The van der Waals surface area contributed by atoms with Crippen molar-refractivity contribution in [2.24, 2.45) is 0 Å². The predicted octanol–water partition coefficient (Wildman–Crippen LogP) is 7.21. The van der Waals surface area contributed by atoms with Gasteiger partial charge in [-0.2, -0.15) is 0 Å². The number of hydrogen-bond donors (Lipinski definition) is 0. The van der Waals surface area contributed by atoms with Gasteiger partial charge in [0.2, 0.25) is 7.37 Å². The zero-order chi connectivity index (χ0) is 42.3. The number of carbonyl (C=O) groups is 3. The standard InChI is InChI=1S/C14H18O4.C10H23O4P.C8H14O4.C6H13O3P/c1-10-12(18-14(2,3)17-10)13(15)16-9-11-7-5-4-6-8-11;1-5-12-10(13-6-2)8-9-15(4,11)14-7-3;1-5-6(7(9)10-4)12-8(2,3)11-5;1-3-9-10(2,8)6-4-5-7/h4-8,10,12H,9H2,1-3H3;10H,5-9H2,1-4H3;5-6H,1-4H3;5H,3-4,6H2,1-2H3/t10-,12?;;5-,6+;/m1.1./s1. The Morgan fingerprint density at radius 3 is 1.58 bits per heavy atom. The molecule has 0 bridgehead atoms. The van der Waals surface area contributed by atoms with Gasteiger partial charge in [-0.1, -0.05) is 30.3 Å². The molecule has 3 unspecified atom stereocenters. The molecule has 17 heteroatoms. The summed E-state index contributed by atoms with van der Waals surface area (Å²) in [6.07, 6.45) is 0.548. The second kappa shape index (κ2) is 26.8. The molecule has 0 aromatic heterocycles. The molecular weight excluding hydrogens is 758 g/mol. The molecular formula is C38H68O15P2. The monoisotopic (exact) mass is 826 g/mol. The first-order valence-electron chi connectivity index (χ1n) is 18.7. The number of methoxy groups -OCH3 is 1. The average molecular weight is 827 g/mol. The van der Waals surface area contributed by atoms with Gasteiger partial charge in [-0.05, 0) is 74.8 Å². The van der Waals surface area contributed by atoms with Crippen molar-refractivity contribution >= 4 is 33.0 Å². The molecule has 2 aliphatic rings. The largest absolute Gasteiger partial charge is 0.467 e. The summed E-state index contributed by atoms with van der Waals surface area (Å²) in [6.45, 7) is 23.8. The topological polar surface area (TPSA) is 178 Å². The van der Waals surface area contributed by atoms with E-state index < -0.39 is 38.5 Å². The van der Waals surface area contributed by atoms with Crippen LogP contribution in [0.1, 0.15) is 87.6 Å². The van der Waals surface area contributed by atoms with Crippen LogP contribution in [0.3, 0.4) is 0 Å². The van der Waals surface area contributed by atoms with Crippen LogP contribution in [0.15, 0.2) is 30.3 Å². The van der Waals surface area contributed by atoms with Crippen molar-refractivity contribution < 1.29 is 70.5 Å². The Morgan fingerprint density at radius 2 is 1.20 bits per heavy atom. The van der Waals surface area contributed by atoms with Crippen molar-refractivity contribution in [2.75, 3.05) is 59.2 Å². The van der Waals surface area contributed by atoms with E-state index in [1.165, 1.54) is 7.11 Å². The molecule has 0 saturated carbocycles. The molecule has 0 amide bonds. The van der Waals surface area contributed by atoms with Gasteiger partial charge < -0.3 is 51.7 Å². The number of benzene rings is 1. The fraction of sp³-hybridized carbons (Fsp3) is 0.763. The zero-order valence-corrected chi connectivity index (χ0v) is 37.0. The van der Waals surface area contributed by atoms with Gasteiger partial charge in [0, 0.05) is 51.7 Å². The van der Waals surface area contributed by atoms with Crippen LogP contribution in [0, 0.1) is 0 Å². The van der Waals surface area contributed by atoms with E-state index >= 15 is 0 Å². The highest BCUT2D eigenvalue weighted by Crippen LogP contribution is 2.43. The molecule has 2 heterocycles. The third kappa shape index (κ3) is 23.7. The lowest BCUT2D eigenvalue weighted by atomic mass is 10.2. The second-order valence-electron chi connectivity index (χ2n) is 13.5. The first-order valence-corrected chi connectivity index (χ1v) is 23.2. The Balaban J connectivity index is 0.000000725. The fourth-order valence-corrected chi connectivity index (χ4v) is 7.78. The molecule has 1 aromatic carbocycles. The zero-order valence-electron chi connectivity index (χ0n) is 35.2. The molecule has 2 fully saturated rings. The summed E-state index contributed by atoms with van der Waals surface area (Å²) < 4.78 is 75.3. The Morgan fingerprint density at radius 1 is 0.745 bits per heavy atom. The Kier molecular flexibility index (Phi) is 25.8. The Hall–Kier alpha value is -2.03. The predicted molar refractivity (Wildman–Crippen MR) is 210 cm³/mol. The Bertz CT molecular complexity index is 1320. The molecule has 55 heavy (non-hydrogen) atoms. The number of ether oxygens (including phenoxy) is 8. The summed E-state index contributed by atoms with van der Waals surface area (Å²) in [4.78, 5) is 32.9. The van der Waals surface area contributed by atoms with E-state index in [2.05, 4.69) is 4.74 Å².